The van der Waals surface area contributed by atoms with Gasteiger partial charge in [0.25, 0.3) is 0 Å². The average molecular weight is 375 g/mol. The number of rotatable bonds is 6. The maximum Gasteiger partial charge on any atom is 0.317 e. The van der Waals surface area contributed by atoms with Gasteiger partial charge in [0.2, 0.25) is 10.0 Å². The van der Waals surface area contributed by atoms with Crippen LogP contribution in [0.3, 0.4) is 0 Å². The number of hydrogen-bond donors (Lipinski definition) is 1. The lowest BCUT2D eigenvalue weighted by molar-refractivity contribution is 0.187. The highest BCUT2D eigenvalue weighted by molar-refractivity contribution is 7.88. The van der Waals surface area contributed by atoms with E-state index in [0.29, 0.717) is 39.1 Å². The monoisotopic (exact) mass is 374 g/mol. The second-order valence-electron chi connectivity index (χ2n) is 7.47. The molecule has 2 saturated heterocycles. The Morgan fingerprint density at radius 2 is 1.76 bits per heavy atom. The highest BCUT2D eigenvalue weighted by Gasteiger charge is 2.23. The van der Waals surface area contributed by atoms with Crippen LogP contribution in [0, 0.1) is 5.92 Å². The van der Waals surface area contributed by atoms with Gasteiger partial charge < -0.3 is 15.1 Å². The van der Waals surface area contributed by atoms with Gasteiger partial charge in [-0.05, 0) is 57.7 Å². The second-order valence-corrected chi connectivity index (χ2v) is 9.45. The molecule has 25 heavy (non-hydrogen) atoms. The van der Waals surface area contributed by atoms with E-state index in [-0.39, 0.29) is 6.03 Å². The zero-order chi connectivity index (χ0) is 18.3. The standard InChI is InChI=1S/C17H34N4O3S/c1-16-6-12-19(13-7-16)9-4-3-8-18-17(22)20-10-5-11-21(15-14-20)25(2,23)24/h16H,3-15H2,1-2H3,(H,18,22). The number of piperidine rings is 1. The van der Waals surface area contributed by atoms with Crippen molar-refractivity contribution in [2.45, 2.75) is 39.0 Å². The topological polar surface area (TPSA) is 73.0 Å². The van der Waals surface area contributed by atoms with E-state index < -0.39 is 10.0 Å². The number of carbonyl (C=O) groups is 1. The Balaban J connectivity index is 1.59. The third-order valence-electron chi connectivity index (χ3n) is 5.26. The van der Waals surface area contributed by atoms with Crippen LogP contribution in [0.25, 0.3) is 0 Å². The van der Waals surface area contributed by atoms with Crippen LogP contribution in [0.1, 0.15) is 39.0 Å². The number of unbranched alkanes of at least 4 members (excludes halogenated alkanes) is 1. The van der Waals surface area contributed by atoms with Crippen LogP contribution in [0.15, 0.2) is 0 Å². The van der Waals surface area contributed by atoms with Crippen LogP contribution in [0.5, 0.6) is 0 Å². The maximum atomic E-state index is 12.2. The first-order valence-electron chi connectivity index (χ1n) is 9.56. The SMILES string of the molecule is CC1CCN(CCCCNC(=O)N2CCCN(S(C)(=O)=O)CC2)CC1. The van der Waals surface area contributed by atoms with Crippen molar-refractivity contribution in [1.82, 2.24) is 19.4 Å². The van der Waals surface area contributed by atoms with Crippen molar-refractivity contribution in [2.24, 2.45) is 5.92 Å². The van der Waals surface area contributed by atoms with Crippen LogP contribution in [-0.2, 0) is 10.0 Å². The van der Waals surface area contributed by atoms with E-state index in [9.17, 15) is 13.2 Å². The molecule has 2 amide bonds. The molecule has 0 aliphatic carbocycles. The van der Waals surface area contributed by atoms with E-state index in [1.165, 1.54) is 36.5 Å². The molecular weight excluding hydrogens is 340 g/mol. The van der Waals surface area contributed by atoms with Crippen LogP contribution in [0.2, 0.25) is 0 Å². The van der Waals surface area contributed by atoms with E-state index >= 15 is 0 Å². The molecule has 0 aromatic rings. The third kappa shape index (κ3) is 7.11. The normalized spacial score (nSPS) is 21.9. The Labute approximate surface area is 152 Å². The molecule has 0 radical (unpaired) electrons. The first-order valence-corrected chi connectivity index (χ1v) is 11.4. The number of nitrogens with one attached hydrogen (secondary N) is 1. The predicted molar refractivity (Wildman–Crippen MR) is 100 cm³/mol. The Bertz CT molecular complexity index is 518. The smallest absolute Gasteiger partial charge is 0.317 e. The van der Waals surface area contributed by atoms with E-state index in [0.717, 1.165) is 25.3 Å². The van der Waals surface area contributed by atoms with E-state index in [1.807, 2.05) is 0 Å². The van der Waals surface area contributed by atoms with Gasteiger partial charge in [-0.2, -0.15) is 0 Å². The number of amides is 2. The molecule has 0 aromatic heterocycles. The average Bonchev–Trinajstić information content (AvgIpc) is 2.82. The zero-order valence-corrected chi connectivity index (χ0v) is 16.6. The van der Waals surface area contributed by atoms with Gasteiger partial charge in [-0.15, -0.1) is 0 Å². The van der Waals surface area contributed by atoms with Gasteiger partial charge in [0, 0.05) is 32.7 Å². The Hall–Kier alpha value is -0.860. The summed E-state index contributed by atoms with van der Waals surface area (Å²) in [5, 5.41) is 2.98. The van der Waals surface area contributed by atoms with Crippen LogP contribution >= 0.6 is 0 Å². The first-order chi connectivity index (χ1) is 11.9. The van der Waals surface area contributed by atoms with Gasteiger partial charge >= 0.3 is 6.03 Å². The molecule has 2 aliphatic rings. The van der Waals surface area contributed by atoms with Crippen molar-refractivity contribution in [3.05, 3.63) is 0 Å². The maximum absolute atomic E-state index is 12.2. The summed E-state index contributed by atoms with van der Waals surface area (Å²) < 4.78 is 24.7. The summed E-state index contributed by atoms with van der Waals surface area (Å²) in [7, 11) is -3.17. The first kappa shape index (κ1) is 20.5. The van der Waals surface area contributed by atoms with Gasteiger partial charge in [-0.25, -0.2) is 17.5 Å². The minimum absolute atomic E-state index is 0.0675. The Kier molecular flexibility index (Phi) is 7.96. The summed E-state index contributed by atoms with van der Waals surface area (Å²) in [5.41, 5.74) is 0. The fourth-order valence-corrected chi connectivity index (χ4v) is 4.36. The molecule has 2 heterocycles. The number of carbonyl (C=O) groups excluding carboxylic acids is 1. The van der Waals surface area contributed by atoms with Crippen molar-refractivity contribution in [1.29, 1.82) is 0 Å². The molecule has 2 fully saturated rings. The number of likely N-dealkylation sites (tertiary alicyclic amines) is 1. The summed E-state index contributed by atoms with van der Waals surface area (Å²) >= 11 is 0. The quantitative estimate of drug-likeness (QED) is 0.709. The summed E-state index contributed by atoms with van der Waals surface area (Å²) in [6, 6.07) is -0.0675. The van der Waals surface area contributed by atoms with Crippen molar-refractivity contribution < 1.29 is 13.2 Å². The van der Waals surface area contributed by atoms with Gasteiger partial charge in [0.05, 0.1) is 6.26 Å². The van der Waals surface area contributed by atoms with E-state index in [2.05, 4.69) is 17.1 Å². The summed E-state index contributed by atoms with van der Waals surface area (Å²) in [5.74, 6) is 0.864. The largest absolute Gasteiger partial charge is 0.338 e. The lowest BCUT2D eigenvalue weighted by Gasteiger charge is -2.30. The summed E-state index contributed by atoms with van der Waals surface area (Å²) in [6.07, 6.45) is 6.61. The minimum Gasteiger partial charge on any atom is -0.338 e. The molecule has 0 spiro atoms. The lowest BCUT2D eigenvalue weighted by atomic mass is 9.99. The molecule has 146 valence electrons. The number of nitrogens with zero attached hydrogens (tertiary/aromatic N) is 3. The fourth-order valence-electron chi connectivity index (χ4n) is 3.48. The van der Waals surface area contributed by atoms with Gasteiger partial charge in [0.1, 0.15) is 0 Å². The highest BCUT2D eigenvalue weighted by atomic mass is 32.2. The van der Waals surface area contributed by atoms with Crippen molar-refractivity contribution in [3.8, 4) is 0 Å². The molecular formula is C17H34N4O3S. The molecule has 0 atom stereocenters. The molecule has 2 aliphatic heterocycles. The third-order valence-corrected chi connectivity index (χ3v) is 6.57. The van der Waals surface area contributed by atoms with Crippen molar-refractivity contribution in [2.75, 3.05) is 58.6 Å². The molecule has 0 unspecified atom stereocenters. The van der Waals surface area contributed by atoms with Crippen LogP contribution in [-0.4, -0.2) is 87.2 Å². The number of urea groups is 1. The number of hydrogen-bond acceptors (Lipinski definition) is 4. The van der Waals surface area contributed by atoms with Gasteiger partial charge in [-0.3, -0.25) is 0 Å². The second kappa shape index (κ2) is 9.73. The van der Waals surface area contributed by atoms with Crippen molar-refractivity contribution in [3.63, 3.8) is 0 Å². The Morgan fingerprint density at radius 1 is 1.04 bits per heavy atom. The fraction of sp³-hybridized carbons (Fsp3) is 0.941. The molecule has 0 bridgehead atoms. The molecule has 8 heteroatoms. The molecule has 1 N–H and O–H groups in total. The van der Waals surface area contributed by atoms with E-state index in [4.69, 9.17) is 0 Å². The van der Waals surface area contributed by atoms with Gasteiger partial charge in [0.15, 0.2) is 0 Å². The van der Waals surface area contributed by atoms with Crippen LogP contribution < -0.4 is 5.32 Å². The lowest BCUT2D eigenvalue weighted by Crippen LogP contribution is -2.43. The number of sulfonamides is 1. The van der Waals surface area contributed by atoms with E-state index in [1.54, 1.807) is 4.90 Å². The molecule has 0 aromatic carbocycles. The van der Waals surface area contributed by atoms with Crippen LogP contribution in [0.4, 0.5) is 4.79 Å². The minimum atomic E-state index is -3.17. The zero-order valence-electron chi connectivity index (χ0n) is 15.7. The highest BCUT2D eigenvalue weighted by Crippen LogP contribution is 2.16. The predicted octanol–water partition coefficient (Wildman–Crippen LogP) is 1.18. The molecule has 7 nitrogen and oxygen atoms in total. The molecule has 0 saturated carbocycles. The van der Waals surface area contributed by atoms with Crippen molar-refractivity contribution >= 4 is 16.1 Å². The summed E-state index contributed by atoms with van der Waals surface area (Å²) in [4.78, 5) is 16.5. The van der Waals surface area contributed by atoms with Gasteiger partial charge in [-0.1, -0.05) is 6.92 Å². The Morgan fingerprint density at radius 3 is 2.44 bits per heavy atom. The molecule has 2 rings (SSSR count). The summed E-state index contributed by atoms with van der Waals surface area (Å²) in [6.45, 7) is 8.51.